The van der Waals surface area contributed by atoms with Gasteiger partial charge >= 0.3 is 0 Å². The zero-order valence-corrected chi connectivity index (χ0v) is 9.59. The first-order chi connectivity index (χ1) is 8.06. The van der Waals surface area contributed by atoms with Gasteiger partial charge in [0.05, 0.1) is 5.56 Å². The second-order valence-corrected chi connectivity index (χ2v) is 3.77. The van der Waals surface area contributed by atoms with Crippen molar-refractivity contribution in [3.8, 4) is 0 Å². The highest BCUT2D eigenvalue weighted by Gasteiger charge is 2.13. The quantitative estimate of drug-likeness (QED) is 0.774. The summed E-state index contributed by atoms with van der Waals surface area (Å²) in [6.45, 7) is 1.88. The molecule has 94 valence electrons. The first-order valence-corrected chi connectivity index (χ1v) is 5.41. The highest BCUT2D eigenvalue weighted by Crippen LogP contribution is 2.14. The van der Waals surface area contributed by atoms with Crippen LogP contribution in [0.4, 0.5) is 8.78 Å². The Hall–Kier alpha value is -1.49. The number of unbranched alkanes of at least 4 members (excludes halogenated alkanes) is 1. The Morgan fingerprint density at radius 3 is 2.65 bits per heavy atom. The van der Waals surface area contributed by atoms with Gasteiger partial charge in [-0.05, 0) is 31.4 Å². The van der Waals surface area contributed by atoms with Crippen LogP contribution in [0.15, 0.2) is 12.1 Å². The molecule has 0 radical (unpaired) electrons. The van der Waals surface area contributed by atoms with E-state index >= 15 is 0 Å². The summed E-state index contributed by atoms with van der Waals surface area (Å²) in [6.07, 6.45) is 1.19. The van der Waals surface area contributed by atoms with Crippen molar-refractivity contribution < 1.29 is 18.7 Å². The molecule has 0 atom stereocenters. The predicted molar refractivity (Wildman–Crippen MR) is 59.7 cm³/mol. The van der Waals surface area contributed by atoms with E-state index in [4.69, 9.17) is 5.11 Å². The fraction of sp³-hybridized carbons (Fsp3) is 0.417. The number of hydrogen-bond donors (Lipinski definition) is 2. The first-order valence-electron chi connectivity index (χ1n) is 5.41. The molecule has 1 aromatic rings. The Balaban J connectivity index is 2.66. The number of rotatable bonds is 5. The van der Waals surface area contributed by atoms with Crippen LogP contribution in [-0.4, -0.2) is 24.2 Å². The second-order valence-electron chi connectivity index (χ2n) is 3.77. The number of halogens is 2. The zero-order chi connectivity index (χ0) is 12.8. The molecule has 1 amide bonds. The van der Waals surface area contributed by atoms with E-state index in [2.05, 4.69) is 5.32 Å². The Labute approximate surface area is 98.5 Å². The van der Waals surface area contributed by atoms with E-state index in [1.165, 1.54) is 13.0 Å². The summed E-state index contributed by atoms with van der Waals surface area (Å²) in [5.74, 6) is -2.10. The summed E-state index contributed by atoms with van der Waals surface area (Å²) in [5.41, 5.74) is 0.0693. The Morgan fingerprint density at radius 2 is 2.00 bits per heavy atom. The van der Waals surface area contributed by atoms with Gasteiger partial charge in [0.25, 0.3) is 5.91 Å². The number of aryl methyl sites for hydroxylation is 1. The van der Waals surface area contributed by atoms with E-state index in [0.717, 1.165) is 0 Å². The smallest absolute Gasteiger partial charge is 0.254 e. The van der Waals surface area contributed by atoms with Crippen molar-refractivity contribution in [2.45, 2.75) is 19.8 Å². The lowest BCUT2D eigenvalue weighted by molar-refractivity contribution is 0.0948. The maximum Gasteiger partial charge on any atom is 0.254 e. The Bertz CT molecular complexity index is 408. The molecule has 0 heterocycles. The van der Waals surface area contributed by atoms with Crippen LogP contribution in [0, 0.1) is 18.6 Å². The monoisotopic (exact) mass is 243 g/mol. The minimum absolute atomic E-state index is 0.0554. The second kappa shape index (κ2) is 6.30. The van der Waals surface area contributed by atoms with Crippen LogP contribution in [0.1, 0.15) is 28.8 Å². The fourth-order valence-corrected chi connectivity index (χ4v) is 1.37. The van der Waals surface area contributed by atoms with Gasteiger partial charge in [0, 0.05) is 19.2 Å². The van der Waals surface area contributed by atoms with E-state index in [1.807, 2.05) is 0 Å². The summed E-state index contributed by atoms with van der Waals surface area (Å²) in [5, 5.41) is 11.1. The lowest BCUT2D eigenvalue weighted by Gasteiger charge is -2.07. The van der Waals surface area contributed by atoms with Gasteiger partial charge in [-0.15, -0.1) is 0 Å². The van der Waals surface area contributed by atoms with Gasteiger partial charge in [-0.25, -0.2) is 8.78 Å². The van der Waals surface area contributed by atoms with Crippen LogP contribution in [0.3, 0.4) is 0 Å². The van der Waals surface area contributed by atoms with Gasteiger partial charge in [0.1, 0.15) is 11.6 Å². The lowest BCUT2D eigenvalue weighted by Crippen LogP contribution is -2.25. The summed E-state index contributed by atoms with van der Waals surface area (Å²) in [4.78, 5) is 11.6. The molecule has 0 aliphatic heterocycles. The molecule has 0 bridgehead atoms. The van der Waals surface area contributed by atoms with Crippen molar-refractivity contribution in [1.29, 1.82) is 0 Å². The first kappa shape index (κ1) is 13.6. The van der Waals surface area contributed by atoms with Gasteiger partial charge in [-0.3, -0.25) is 4.79 Å². The van der Waals surface area contributed by atoms with Gasteiger partial charge in [-0.1, -0.05) is 0 Å². The van der Waals surface area contributed by atoms with E-state index in [9.17, 15) is 13.6 Å². The number of amides is 1. The summed E-state index contributed by atoms with van der Waals surface area (Å²) >= 11 is 0. The maximum atomic E-state index is 13.3. The van der Waals surface area contributed by atoms with Crippen molar-refractivity contribution in [2.75, 3.05) is 13.2 Å². The number of hydrogen-bond acceptors (Lipinski definition) is 2. The van der Waals surface area contributed by atoms with Crippen LogP contribution in [0.2, 0.25) is 0 Å². The van der Waals surface area contributed by atoms with Crippen molar-refractivity contribution >= 4 is 5.91 Å². The normalized spacial score (nSPS) is 10.4. The summed E-state index contributed by atoms with van der Waals surface area (Å²) in [7, 11) is 0. The van der Waals surface area contributed by atoms with E-state index < -0.39 is 17.5 Å². The number of aliphatic hydroxyl groups excluding tert-OH is 1. The van der Waals surface area contributed by atoms with Crippen LogP contribution in [0.25, 0.3) is 0 Å². The zero-order valence-electron chi connectivity index (χ0n) is 9.59. The topological polar surface area (TPSA) is 49.3 Å². The number of aliphatic hydroxyl groups is 1. The number of carbonyl (C=O) groups is 1. The fourth-order valence-electron chi connectivity index (χ4n) is 1.37. The molecular weight excluding hydrogens is 228 g/mol. The molecule has 0 unspecified atom stereocenters. The molecule has 0 spiro atoms. The van der Waals surface area contributed by atoms with Gasteiger partial charge < -0.3 is 10.4 Å². The SMILES string of the molecule is Cc1cc(C(=O)NCCCCO)c(F)cc1F. The van der Waals surface area contributed by atoms with Crippen LogP contribution >= 0.6 is 0 Å². The molecule has 0 aliphatic rings. The van der Waals surface area contributed by atoms with Gasteiger partial charge in [-0.2, -0.15) is 0 Å². The third kappa shape index (κ3) is 3.78. The number of nitrogens with one attached hydrogen (secondary N) is 1. The lowest BCUT2D eigenvalue weighted by atomic mass is 10.1. The molecule has 1 rings (SSSR count). The minimum atomic E-state index is -0.868. The molecule has 0 aliphatic carbocycles. The average Bonchev–Trinajstić information content (AvgIpc) is 2.29. The van der Waals surface area contributed by atoms with E-state index in [0.29, 0.717) is 25.5 Å². The van der Waals surface area contributed by atoms with Crippen LogP contribution in [0.5, 0.6) is 0 Å². The molecule has 0 aromatic heterocycles. The molecule has 17 heavy (non-hydrogen) atoms. The van der Waals surface area contributed by atoms with Crippen molar-refractivity contribution in [2.24, 2.45) is 0 Å². The van der Waals surface area contributed by atoms with E-state index in [-0.39, 0.29) is 17.7 Å². The minimum Gasteiger partial charge on any atom is -0.396 e. The van der Waals surface area contributed by atoms with Crippen molar-refractivity contribution in [1.82, 2.24) is 5.32 Å². The highest BCUT2D eigenvalue weighted by atomic mass is 19.1. The highest BCUT2D eigenvalue weighted by molar-refractivity contribution is 5.94. The van der Waals surface area contributed by atoms with Crippen LogP contribution < -0.4 is 5.32 Å². The molecule has 2 N–H and O–H groups in total. The summed E-state index contributed by atoms with van der Waals surface area (Å²) < 4.78 is 26.3. The average molecular weight is 243 g/mol. The molecule has 0 fully saturated rings. The van der Waals surface area contributed by atoms with E-state index in [1.54, 1.807) is 0 Å². The predicted octanol–water partition coefficient (Wildman–Crippen LogP) is 1.78. The third-order valence-corrected chi connectivity index (χ3v) is 2.36. The molecule has 5 heteroatoms. The number of carbonyl (C=O) groups excluding carboxylic acids is 1. The summed E-state index contributed by atoms with van der Waals surface area (Å²) in [6, 6.07) is 1.89. The molecule has 0 saturated carbocycles. The van der Waals surface area contributed by atoms with Crippen molar-refractivity contribution in [3.63, 3.8) is 0 Å². The number of benzene rings is 1. The largest absolute Gasteiger partial charge is 0.396 e. The Kier molecular flexibility index (Phi) is 5.03. The standard InChI is InChI=1S/C12H15F2NO2/c1-8-6-9(11(14)7-10(8)13)12(17)15-4-2-3-5-16/h6-7,16H,2-5H2,1H3,(H,15,17). The third-order valence-electron chi connectivity index (χ3n) is 2.36. The Morgan fingerprint density at radius 1 is 1.29 bits per heavy atom. The van der Waals surface area contributed by atoms with Crippen molar-refractivity contribution in [3.05, 3.63) is 34.9 Å². The van der Waals surface area contributed by atoms with Gasteiger partial charge in [0.15, 0.2) is 0 Å². The molecule has 0 saturated heterocycles. The molecule has 3 nitrogen and oxygen atoms in total. The van der Waals surface area contributed by atoms with Crippen LogP contribution in [-0.2, 0) is 0 Å². The van der Waals surface area contributed by atoms with Gasteiger partial charge in [0.2, 0.25) is 0 Å². The molecule has 1 aromatic carbocycles. The maximum absolute atomic E-state index is 13.3. The molecular formula is C12H15F2NO2.